The summed E-state index contributed by atoms with van der Waals surface area (Å²) in [6, 6.07) is 0. The molecule has 0 aromatic rings. The Hall–Kier alpha value is -3.67. The van der Waals surface area contributed by atoms with E-state index in [2.05, 4.69) is 118 Å². The molecule has 0 saturated carbocycles. The molecule has 1 unspecified atom stereocenters. The van der Waals surface area contributed by atoms with Crippen molar-refractivity contribution in [3.05, 3.63) is 97.2 Å². The van der Waals surface area contributed by atoms with Gasteiger partial charge in [0.25, 0.3) is 0 Å². The Balaban J connectivity index is 4.33. The molecule has 0 aliphatic carbocycles. The van der Waals surface area contributed by atoms with Crippen LogP contribution in [0.25, 0.3) is 0 Å². The molecule has 0 aromatic carbocycles. The third-order valence-electron chi connectivity index (χ3n) is 13.8. The van der Waals surface area contributed by atoms with Gasteiger partial charge in [-0.15, -0.1) is 0 Å². The molecule has 0 fully saturated rings. The second kappa shape index (κ2) is 63.9. The van der Waals surface area contributed by atoms with Crippen LogP contribution in [0.2, 0.25) is 0 Å². The van der Waals surface area contributed by atoms with Gasteiger partial charge in [0.2, 0.25) is 0 Å². The van der Waals surface area contributed by atoms with Crippen molar-refractivity contribution in [3.8, 4) is 0 Å². The van der Waals surface area contributed by atoms with Crippen molar-refractivity contribution in [3.63, 3.8) is 0 Å². The lowest BCUT2D eigenvalue weighted by atomic mass is 10.0. The molecule has 0 heterocycles. The fraction of sp³-hybridized carbons (Fsp3) is 0.729. The lowest BCUT2D eigenvalue weighted by Gasteiger charge is -2.18. The number of esters is 3. The molecule has 1 atom stereocenters. The number of rotatable bonds is 58. The minimum Gasteiger partial charge on any atom is -0.462 e. The minimum atomic E-state index is -0.785. The second-order valence-electron chi connectivity index (χ2n) is 21.3. The third kappa shape index (κ3) is 61.2. The van der Waals surface area contributed by atoms with E-state index in [0.29, 0.717) is 19.3 Å². The highest BCUT2D eigenvalue weighted by atomic mass is 16.6. The molecule has 0 radical (unpaired) electrons. The lowest BCUT2D eigenvalue weighted by molar-refractivity contribution is -0.167. The van der Waals surface area contributed by atoms with Crippen LogP contribution in [0.1, 0.15) is 310 Å². The summed E-state index contributed by atoms with van der Waals surface area (Å²) < 4.78 is 16.9. The molecule has 76 heavy (non-hydrogen) atoms. The molecular formula is C70H120O6. The summed E-state index contributed by atoms with van der Waals surface area (Å²) in [7, 11) is 0. The standard InChI is InChI=1S/C70H120O6/c1-4-7-10-13-16-19-22-25-27-29-31-32-33-34-35-36-37-38-39-41-42-45-48-51-54-57-60-63-69(72)75-66-67(65-74-68(71)62-59-56-53-50-47-44-24-21-18-15-12-9-6-3)76-70(73)64-61-58-55-52-49-46-43-40-30-28-26-23-20-17-14-11-8-5-2/h7,10,16,19-20,23,25,27-28,30-32,34-35,37-38,67H,4-6,8-9,11-15,17-18,21-22,24,26,29,33,36,39-66H2,1-3H3/b10-7-,19-16-,23-20-,27-25-,30-28-,32-31-,35-34-,38-37-. The van der Waals surface area contributed by atoms with Gasteiger partial charge in [-0.3, -0.25) is 14.4 Å². The third-order valence-corrected chi connectivity index (χ3v) is 13.8. The fourth-order valence-corrected chi connectivity index (χ4v) is 9.01. The summed E-state index contributed by atoms with van der Waals surface area (Å²) in [4.78, 5) is 38.3. The van der Waals surface area contributed by atoms with Crippen molar-refractivity contribution in [2.24, 2.45) is 0 Å². The molecule has 0 saturated heterocycles. The van der Waals surface area contributed by atoms with Crippen LogP contribution >= 0.6 is 0 Å². The largest absolute Gasteiger partial charge is 0.462 e. The Labute approximate surface area is 470 Å². The highest BCUT2D eigenvalue weighted by Gasteiger charge is 2.19. The van der Waals surface area contributed by atoms with Gasteiger partial charge in [-0.2, -0.15) is 0 Å². The van der Waals surface area contributed by atoms with Crippen molar-refractivity contribution >= 4 is 17.9 Å². The quantitative estimate of drug-likeness (QED) is 0.0261. The second-order valence-corrected chi connectivity index (χ2v) is 21.3. The van der Waals surface area contributed by atoms with Gasteiger partial charge >= 0.3 is 17.9 Å². The Morgan fingerprint density at radius 1 is 0.276 bits per heavy atom. The molecule has 0 aliphatic rings. The van der Waals surface area contributed by atoms with Gasteiger partial charge in [-0.1, -0.05) is 285 Å². The molecule has 0 rings (SSSR count). The summed E-state index contributed by atoms with van der Waals surface area (Å²) in [5.74, 6) is -0.886. The Morgan fingerprint density at radius 3 is 0.816 bits per heavy atom. The first kappa shape index (κ1) is 72.3. The predicted molar refractivity (Wildman–Crippen MR) is 330 cm³/mol. The average molecular weight is 1060 g/mol. The van der Waals surface area contributed by atoms with Crippen molar-refractivity contribution in [1.82, 2.24) is 0 Å². The van der Waals surface area contributed by atoms with Gasteiger partial charge in [0, 0.05) is 19.3 Å². The first-order chi connectivity index (χ1) is 37.5. The lowest BCUT2D eigenvalue weighted by Crippen LogP contribution is -2.30. The summed E-state index contributed by atoms with van der Waals surface area (Å²) in [5, 5.41) is 0. The van der Waals surface area contributed by atoms with E-state index in [1.165, 1.54) is 154 Å². The van der Waals surface area contributed by atoms with Gasteiger partial charge in [0.15, 0.2) is 6.10 Å². The molecule has 0 bridgehead atoms. The molecule has 0 amide bonds. The molecule has 0 aromatic heterocycles. The van der Waals surface area contributed by atoms with Crippen molar-refractivity contribution in [2.45, 2.75) is 316 Å². The zero-order valence-electron chi connectivity index (χ0n) is 50.0. The number of carbonyl (C=O) groups is 3. The van der Waals surface area contributed by atoms with Crippen LogP contribution < -0.4 is 0 Å². The van der Waals surface area contributed by atoms with Crippen LogP contribution in [0.5, 0.6) is 0 Å². The number of hydrogen-bond donors (Lipinski definition) is 0. The molecule has 6 heteroatoms. The fourth-order valence-electron chi connectivity index (χ4n) is 9.01. The predicted octanol–water partition coefficient (Wildman–Crippen LogP) is 22.0. The Morgan fingerprint density at radius 2 is 0.513 bits per heavy atom. The van der Waals surface area contributed by atoms with Crippen LogP contribution in [0.4, 0.5) is 0 Å². The van der Waals surface area contributed by atoms with Gasteiger partial charge in [-0.05, 0) is 103 Å². The Bertz CT molecular complexity index is 1490. The first-order valence-electron chi connectivity index (χ1n) is 32.2. The smallest absolute Gasteiger partial charge is 0.306 e. The zero-order chi connectivity index (χ0) is 55.0. The van der Waals surface area contributed by atoms with E-state index in [4.69, 9.17) is 14.2 Å². The summed E-state index contributed by atoms with van der Waals surface area (Å²) in [5.41, 5.74) is 0. The number of carbonyl (C=O) groups excluding carboxylic acids is 3. The van der Waals surface area contributed by atoms with Crippen LogP contribution in [0.3, 0.4) is 0 Å². The van der Waals surface area contributed by atoms with Crippen LogP contribution in [-0.4, -0.2) is 37.2 Å². The van der Waals surface area contributed by atoms with Crippen molar-refractivity contribution < 1.29 is 28.6 Å². The van der Waals surface area contributed by atoms with E-state index in [0.717, 1.165) is 116 Å². The molecular weight excluding hydrogens is 937 g/mol. The van der Waals surface area contributed by atoms with Crippen LogP contribution in [0.15, 0.2) is 97.2 Å². The number of allylic oxidation sites excluding steroid dienone is 16. The molecule has 0 N–H and O–H groups in total. The number of unbranched alkanes of at least 4 members (excludes halogenated alkanes) is 31. The molecule has 6 nitrogen and oxygen atoms in total. The van der Waals surface area contributed by atoms with Crippen molar-refractivity contribution in [1.29, 1.82) is 0 Å². The molecule has 0 aliphatic heterocycles. The summed E-state index contributed by atoms with van der Waals surface area (Å²) >= 11 is 0. The van der Waals surface area contributed by atoms with Crippen LogP contribution in [-0.2, 0) is 28.6 Å². The van der Waals surface area contributed by atoms with E-state index in [1.54, 1.807) is 0 Å². The average Bonchev–Trinajstić information content (AvgIpc) is 3.42. The SMILES string of the molecule is CC/C=C\C/C=C\C/C=C\C/C=C\C/C=C\C/C=C\CCCCCCCCCCC(=O)OCC(COC(=O)CCCCCCCCCCCCCCC)OC(=O)CCCCCCCCC/C=C\C/C=C\CCCCCC. The van der Waals surface area contributed by atoms with Gasteiger partial charge in [-0.25, -0.2) is 0 Å². The topological polar surface area (TPSA) is 78.9 Å². The maximum Gasteiger partial charge on any atom is 0.306 e. The number of hydrogen-bond acceptors (Lipinski definition) is 6. The van der Waals surface area contributed by atoms with E-state index in [1.807, 2.05) is 0 Å². The summed E-state index contributed by atoms with van der Waals surface area (Å²) in [6.45, 7) is 6.52. The Kier molecular flexibility index (Phi) is 60.8. The van der Waals surface area contributed by atoms with Crippen LogP contribution in [0, 0.1) is 0 Å². The highest BCUT2D eigenvalue weighted by molar-refractivity contribution is 5.71. The number of ether oxygens (including phenoxy) is 3. The highest BCUT2D eigenvalue weighted by Crippen LogP contribution is 2.16. The van der Waals surface area contributed by atoms with Gasteiger partial charge in [0.05, 0.1) is 0 Å². The van der Waals surface area contributed by atoms with E-state index >= 15 is 0 Å². The maximum absolute atomic E-state index is 12.9. The molecule has 0 spiro atoms. The first-order valence-corrected chi connectivity index (χ1v) is 32.2. The van der Waals surface area contributed by atoms with Gasteiger partial charge < -0.3 is 14.2 Å². The molecule has 436 valence electrons. The van der Waals surface area contributed by atoms with E-state index in [-0.39, 0.29) is 31.1 Å². The maximum atomic E-state index is 12.9. The summed E-state index contributed by atoms with van der Waals surface area (Å²) in [6.07, 6.45) is 85.5. The minimum absolute atomic E-state index is 0.0807. The zero-order valence-corrected chi connectivity index (χ0v) is 50.0. The van der Waals surface area contributed by atoms with Crippen molar-refractivity contribution in [2.75, 3.05) is 13.2 Å². The van der Waals surface area contributed by atoms with E-state index in [9.17, 15) is 14.4 Å². The normalized spacial score (nSPS) is 12.7. The van der Waals surface area contributed by atoms with E-state index < -0.39 is 6.10 Å². The monoisotopic (exact) mass is 1060 g/mol. The van der Waals surface area contributed by atoms with Gasteiger partial charge in [0.1, 0.15) is 13.2 Å².